The van der Waals surface area contributed by atoms with E-state index in [1.165, 1.54) is 21.9 Å². The van der Waals surface area contributed by atoms with Crippen molar-refractivity contribution in [1.29, 1.82) is 0 Å². The molecule has 8 heteroatoms. The predicted octanol–water partition coefficient (Wildman–Crippen LogP) is 2.49. The van der Waals surface area contributed by atoms with Crippen LogP contribution >= 0.6 is 11.3 Å². The molecule has 3 aromatic rings. The number of hydrogen-bond donors (Lipinski definition) is 2. The number of carbonyl (C=O) groups is 2. The number of carboxylic acids is 1. The Kier molecular flexibility index (Phi) is 4.84. The number of thiazole rings is 1. The van der Waals surface area contributed by atoms with E-state index >= 15 is 0 Å². The van der Waals surface area contributed by atoms with Crippen molar-refractivity contribution < 1.29 is 14.7 Å². The summed E-state index contributed by atoms with van der Waals surface area (Å²) in [5, 5.41) is 12.4. The number of aliphatic carboxylic acids is 1. The fraction of sp³-hybridized carbons (Fsp3) is 0.263. The van der Waals surface area contributed by atoms with Crippen LogP contribution in [0.1, 0.15) is 39.8 Å². The summed E-state index contributed by atoms with van der Waals surface area (Å²) >= 11 is 1.36. The van der Waals surface area contributed by atoms with Crippen LogP contribution in [0.5, 0.6) is 0 Å². The molecule has 0 saturated heterocycles. The van der Waals surface area contributed by atoms with Gasteiger partial charge in [0.2, 0.25) is 0 Å². The van der Waals surface area contributed by atoms with E-state index in [4.69, 9.17) is 0 Å². The first kappa shape index (κ1) is 18.8. The molecule has 1 atom stereocenters. The van der Waals surface area contributed by atoms with Gasteiger partial charge in [-0.15, -0.1) is 11.3 Å². The minimum atomic E-state index is -1.63. The number of nitrogens with one attached hydrogen (secondary N) is 1. The average molecular weight is 385 g/mol. The van der Waals surface area contributed by atoms with Crippen molar-refractivity contribution in [2.24, 2.45) is 0 Å². The first-order chi connectivity index (χ1) is 12.8. The molecule has 27 heavy (non-hydrogen) atoms. The van der Waals surface area contributed by atoms with Crippen molar-refractivity contribution >= 4 is 28.2 Å². The molecule has 0 aliphatic heterocycles. The van der Waals surface area contributed by atoms with Crippen molar-refractivity contribution in [3.05, 3.63) is 68.6 Å². The van der Waals surface area contributed by atoms with Gasteiger partial charge in [0.15, 0.2) is 10.5 Å². The molecule has 0 fully saturated rings. The number of amides is 1. The monoisotopic (exact) mass is 385 g/mol. The van der Waals surface area contributed by atoms with Crippen LogP contribution in [0.15, 0.2) is 41.3 Å². The third-order valence-electron chi connectivity index (χ3n) is 4.75. The summed E-state index contributed by atoms with van der Waals surface area (Å²) in [6, 6.07) is 8.44. The second kappa shape index (κ2) is 6.96. The van der Waals surface area contributed by atoms with Gasteiger partial charge in [-0.25, -0.2) is 9.78 Å². The Labute approximate surface area is 159 Å². The molecule has 0 spiro atoms. The molecule has 0 saturated carbocycles. The van der Waals surface area contributed by atoms with Gasteiger partial charge in [0.05, 0.1) is 0 Å². The second-order valence-electron chi connectivity index (χ2n) is 6.22. The quantitative estimate of drug-likeness (QED) is 0.703. The van der Waals surface area contributed by atoms with Gasteiger partial charge in [-0.1, -0.05) is 37.3 Å². The van der Waals surface area contributed by atoms with Gasteiger partial charge in [-0.2, -0.15) is 0 Å². The van der Waals surface area contributed by atoms with Crippen LogP contribution < -0.4 is 10.9 Å². The molecule has 0 bridgehead atoms. The fourth-order valence-electron chi connectivity index (χ4n) is 3.01. The van der Waals surface area contributed by atoms with Gasteiger partial charge in [-0.05, 0) is 25.8 Å². The second-order valence-corrected chi connectivity index (χ2v) is 7.40. The minimum Gasteiger partial charge on any atom is -0.479 e. The lowest BCUT2D eigenvalue weighted by atomic mass is 9.87. The first-order valence-corrected chi connectivity index (χ1v) is 9.22. The van der Waals surface area contributed by atoms with Crippen LogP contribution in [0, 0.1) is 13.8 Å². The highest BCUT2D eigenvalue weighted by molar-refractivity contribution is 7.17. The summed E-state index contributed by atoms with van der Waals surface area (Å²) in [5.41, 5.74) is -1.19. The molecule has 0 aliphatic rings. The third kappa shape index (κ3) is 3.02. The number of carboxylic acid groups (broad SMARTS) is 1. The number of rotatable bonds is 5. The maximum absolute atomic E-state index is 12.9. The molecular formula is C19H19N3O4S. The zero-order chi connectivity index (χ0) is 19.8. The molecule has 2 heterocycles. The van der Waals surface area contributed by atoms with E-state index in [1.807, 2.05) is 6.92 Å². The Morgan fingerprint density at radius 1 is 1.26 bits per heavy atom. The summed E-state index contributed by atoms with van der Waals surface area (Å²) < 4.78 is 1.38. The highest BCUT2D eigenvalue weighted by Crippen LogP contribution is 2.26. The van der Waals surface area contributed by atoms with E-state index in [1.54, 1.807) is 44.2 Å². The molecule has 1 unspecified atom stereocenters. The van der Waals surface area contributed by atoms with Crippen molar-refractivity contribution in [2.45, 2.75) is 32.7 Å². The van der Waals surface area contributed by atoms with Gasteiger partial charge in [0.25, 0.3) is 11.5 Å². The number of carbonyl (C=O) groups excluding carboxylic acids is 1. The van der Waals surface area contributed by atoms with Crippen LogP contribution in [-0.2, 0) is 10.3 Å². The molecule has 140 valence electrons. The number of benzene rings is 1. The molecule has 2 N–H and O–H groups in total. The number of hydrogen-bond acceptors (Lipinski definition) is 5. The number of aromatic nitrogens is 2. The summed E-state index contributed by atoms with van der Waals surface area (Å²) in [6.07, 6.45) is 1.32. The van der Waals surface area contributed by atoms with Gasteiger partial charge >= 0.3 is 5.97 Å². The molecule has 7 nitrogen and oxygen atoms in total. The molecule has 1 amide bonds. The van der Waals surface area contributed by atoms with Crippen LogP contribution in [0.3, 0.4) is 0 Å². The number of aryl methyl sites for hydroxylation is 2. The molecular weight excluding hydrogens is 366 g/mol. The normalized spacial score (nSPS) is 13.3. The first-order valence-electron chi connectivity index (χ1n) is 8.41. The molecule has 1 aromatic carbocycles. The summed E-state index contributed by atoms with van der Waals surface area (Å²) in [4.78, 5) is 43.3. The van der Waals surface area contributed by atoms with Crippen LogP contribution in [0.4, 0.5) is 0 Å². The third-order valence-corrected chi connectivity index (χ3v) is 5.82. The predicted molar refractivity (Wildman–Crippen MR) is 102 cm³/mol. The standard InChI is InChI=1S/C19H19N3O4S/c1-4-19(17(25)26,13-8-6-5-7-9-13)21-15(23)14-10-20-18-22(16(14)24)11(2)12(3)27-18/h5-10H,4H2,1-3H3,(H,21,23)(H,25,26). The maximum Gasteiger partial charge on any atom is 0.334 e. The van der Waals surface area contributed by atoms with E-state index in [0.717, 1.165) is 4.88 Å². The summed E-state index contributed by atoms with van der Waals surface area (Å²) in [7, 11) is 0. The SMILES string of the molecule is CCC(NC(=O)c1cnc2sc(C)c(C)n2c1=O)(C(=O)O)c1ccccc1. The topological polar surface area (TPSA) is 101 Å². The lowest BCUT2D eigenvalue weighted by molar-refractivity contribution is -0.145. The highest BCUT2D eigenvalue weighted by Gasteiger charge is 2.41. The van der Waals surface area contributed by atoms with Gasteiger partial charge in [-0.3, -0.25) is 14.0 Å². The highest BCUT2D eigenvalue weighted by atomic mass is 32.1. The van der Waals surface area contributed by atoms with E-state index < -0.39 is 23.0 Å². The van der Waals surface area contributed by atoms with E-state index in [-0.39, 0.29) is 12.0 Å². The van der Waals surface area contributed by atoms with Gasteiger partial charge in [0, 0.05) is 16.8 Å². The molecule has 0 radical (unpaired) electrons. The van der Waals surface area contributed by atoms with Crippen LogP contribution in [0.2, 0.25) is 0 Å². The summed E-state index contributed by atoms with van der Waals surface area (Å²) in [5.74, 6) is -1.96. The fourth-order valence-corrected chi connectivity index (χ4v) is 3.94. The van der Waals surface area contributed by atoms with E-state index in [2.05, 4.69) is 10.3 Å². The lowest BCUT2D eigenvalue weighted by Gasteiger charge is -2.29. The van der Waals surface area contributed by atoms with E-state index in [0.29, 0.717) is 16.2 Å². The van der Waals surface area contributed by atoms with E-state index in [9.17, 15) is 19.5 Å². The molecule has 2 aromatic heterocycles. The van der Waals surface area contributed by atoms with Crippen molar-refractivity contribution in [3.8, 4) is 0 Å². The Morgan fingerprint density at radius 2 is 1.93 bits per heavy atom. The van der Waals surface area contributed by atoms with Gasteiger partial charge < -0.3 is 10.4 Å². The zero-order valence-corrected chi connectivity index (χ0v) is 16.0. The Balaban J connectivity index is 2.09. The average Bonchev–Trinajstić information content (AvgIpc) is 2.95. The molecule has 0 aliphatic carbocycles. The van der Waals surface area contributed by atoms with Gasteiger partial charge in [0.1, 0.15) is 5.56 Å². The largest absolute Gasteiger partial charge is 0.479 e. The lowest BCUT2D eigenvalue weighted by Crippen LogP contribution is -2.52. The van der Waals surface area contributed by atoms with Crippen LogP contribution in [0.25, 0.3) is 4.96 Å². The Hall–Kier alpha value is -3.00. The van der Waals surface area contributed by atoms with Crippen molar-refractivity contribution in [1.82, 2.24) is 14.7 Å². The Bertz CT molecular complexity index is 1090. The Morgan fingerprint density at radius 3 is 2.52 bits per heavy atom. The van der Waals surface area contributed by atoms with Crippen molar-refractivity contribution in [2.75, 3.05) is 0 Å². The minimum absolute atomic E-state index is 0.117. The summed E-state index contributed by atoms with van der Waals surface area (Å²) in [6.45, 7) is 5.32. The smallest absolute Gasteiger partial charge is 0.334 e. The molecule has 3 rings (SSSR count). The zero-order valence-electron chi connectivity index (χ0n) is 15.1. The number of nitrogens with zero attached hydrogens (tertiary/aromatic N) is 2. The van der Waals surface area contributed by atoms with Crippen molar-refractivity contribution in [3.63, 3.8) is 0 Å². The number of fused-ring (bicyclic) bond motifs is 1. The van der Waals surface area contributed by atoms with Crippen LogP contribution in [-0.4, -0.2) is 26.4 Å². The maximum atomic E-state index is 12.9.